The maximum Gasteiger partial charge on any atom is 0.252 e. The lowest BCUT2D eigenvalue weighted by molar-refractivity contribution is -0.904. The molecule has 5 atom stereocenters. The van der Waals surface area contributed by atoms with Crippen LogP contribution in [0, 0.1) is 11.3 Å². The molecule has 52 heavy (non-hydrogen) atoms. The van der Waals surface area contributed by atoms with Crippen LogP contribution >= 0.6 is 0 Å². The molecule has 1 aromatic heterocycles. The molecule has 0 aliphatic heterocycles. The fourth-order valence-electron chi connectivity index (χ4n) is 5.95. The Labute approximate surface area is 309 Å². The smallest absolute Gasteiger partial charge is 0.252 e. The van der Waals surface area contributed by atoms with E-state index in [1.54, 1.807) is 7.05 Å². The van der Waals surface area contributed by atoms with Crippen LogP contribution in [0.25, 0.3) is 0 Å². The predicted octanol–water partition coefficient (Wildman–Crippen LogP) is 2.75. The number of amides is 5. The summed E-state index contributed by atoms with van der Waals surface area (Å²) in [5, 5.41) is 24.6. The Morgan fingerprint density at radius 2 is 1.48 bits per heavy atom. The second-order valence-corrected chi connectivity index (χ2v) is 14.9. The summed E-state index contributed by atoms with van der Waals surface area (Å²) in [4.78, 5) is 68.8. The van der Waals surface area contributed by atoms with Gasteiger partial charge >= 0.3 is 0 Å². The van der Waals surface area contributed by atoms with Crippen molar-refractivity contribution in [3.63, 3.8) is 0 Å². The summed E-state index contributed by atoms with van der Waals surface area (Å²) in [6, 6.07) is 9.11. The van der Waals surface area contributed by atoms with Crippen molar-refractivity contribution in [2.45, 2.75) is 118 Å². The third kappa shape index (κ3) is 14.2. The molecule has 0 aliphatic carbocycles. The largest absolute Gasteiger partial charge is 0.355 e. The zero-order valence-corrected chi connectivity index (χ0v) is 32.5. The van der Waals surface area contributed by atoms with Gasteiger partial charge in [-0.15, -0.1) is 0 Å². The lowest BCUT2D eigenvalue weighted by atomic mass is 9.87. The van der Waals surface area contributed by atoms with E-state index in [4.69, 9.17) is 0 Å². The number of hydrogen-bond donors (Lipinski definition) is 6. The van der Waals surface area contributed by atoms with E-state index in [1.807, 2.05) is 85.7 Å². The molecule has 2 rings (SSSR count). The second-order valence-electron chi connectivity index (χ2n) is 14.9. The van der Waals surface area contributed by atoms with Crippen molar-refractivity contribution in [1.29, 1.82) is 0 Å². The van der Waals surface area contributed by atoms with Crippen molar-refractivity contribution in [1.82, 2.24) is 31.5 Å². The maximum absolute atomic E-state index is 14.1. The first-order valence-electron chi connectivity index (χ1n) is 18.4. The molecule has 6 N–H and O–H groups in total. The van der Waals surface area contributed by atoms with Gasteiger partial charge in [-0.2, -0.15) is 0 Å². The van der Waals surface area contributed by atoms with E-state index in [-0.39, 0.29) is 41.2 Å². The Morgan fingerprint density at radius 1 is 0.846 bits per heavy atom. The number of pyridine rings is 1. The average molecular weight is 725 g/mol. The topological polar surface area (TPSA) is 173 Å². The molecule has 0 unspecified atom stereocenters. The highest BCUT2D eigenvalue weighted by Crippen LogP contribution is 2.23. The van der Waals surface area contributed by atoms with E-state index in [0.717, 1.165) is 10.3 Å². The van der Waals surface area contributed by atoms with Crippen molar-refractivity contribution in [2.24, 2.45) is 11.3 Å². The van der Waals surface area contributed by atoms with Gasteiger partial charge < -0.3 is 31.5 Å². The number of aromatic nitrogens is 1. The van der Waals surface area contributed by atoms with E-state index in [1.165, 1.54) is 29.4 Å². The third-order valence-corrected chi connectivity index (χ3v) is 8.78. The van der Waals surface area contributed by atoms with Gasteiger partial charge in [0.25, 0.3) is 5.91 Å². The quantitative estimate of drug-likeness (QED) is 0.0901. The maximum atomic E-state index is 14.1. The third-order valence-electron chi connectivity index (χ3n) is 8.78. The van der Waals surface area contributed by atoms with Gasteiger partial charge in [0.1, 0.15) is 18.1 Å². The van der Waals surface area contributed by atoms with Crippen molar-refractivity contribution in [3.05, 3.63) is 66.0 Å². The molecule has 13 heteroatoms. The SMILES string of the molecule is CCC[C@@H](C(=O)N[C@H](CN[C@@H](CC)C(=O)N[C@H](C(=O)NCC)C(C)C)Cc1ccccc1)N(C)C(=O)[C@H](CC(C)(C)C)NC(=O)c1cc[n+](O)cc1. The normalized spacial score (nSPS) is 14.3. The van der Waals surface area contributed by atoms with Crippen LogP contribution < -0.4 is 31.3 Å². The number of nitrogens with zero attached hydrogens (tertiary/aromatic N) is 2. The summed E-state index contributed by atoms with van der Waals surface area (Å²) in [5.41, 5.74) is 0.938. The van der Waals surface area contributed by atoms with Gasteiger partial charge in [-0.3, -0.25) is 29.2 Å². The molecule has 0 bridgehead atoms. The fraction of sp³-hybridized carbons (Fsp3) is 0.590. The first kappa shape index (κ1) is 43.6. The summed E-state index contributed by atoms with van der Waals surface area (Å²) in [5.74, 6) is -1.86. The Morgan fingerprint density at radius 3 is 2.02 bits per heavy atom. The van der Waals surface area contributed by atoms with Crippen molar-refractivity contribution >= 4 is 29.5 Å². The Bertz CT molecular complexity index is 1450. The van der Waals surface area contributed by atoms with Gasteiger partial charge in [0.2, 0.25) is 36.0 Å². The van der Waals surface area contributed by atoms with Crippen LogP contribution in [0.3, 0.4) is 0 Å². The lowest BCUT2D eigenvalue weighted by Gasteiger charge is -2.34. The van der Waals surface area contributed by atoms with Crippen LogP contribution in [0.1, 0.15) is 97.0 Å². The van der Waals surface area contributed by atoms with Gasteiger partial charge in [0, 0.05) is 43.0 Å². The molecule has 0 fully saturated rings. The van der Waals surface area contributed by atoms with Gasteiger partial charge in [-0.05, 0) is 49.5 Å². The monoisotopic (exact) mass is 724 g/mol. The van der Waals surface area contributed by atoms with E-state index >= 15 is 0 Å². The molecule has 5 amide bonds. The summed E-state index contributed by atoms with van der Waals surface area (Å²) >= 11 is 0. The number of rotatable bonds is 20. The van der Waals surface area contributed by atoms with Crippen LogP contribution in [0.5, 0.6) is 0 Å². The summed E-state index contributed by atoms with van der Waals surface area (Å²) in [7, 11) is 1.59. The van der Waals surface area contributed by atoms with Crippen LogP contribution in [-0.2, 0) is 25.6 Å². The highest BCUT2D eigenvalue weighted by Gasteiger charge is 2.35. The van der Waals surface area contributed by atoms with E-state index < -0.39 is 42.0 Å². The van der Waals surface area contributed by atoms with Gasteiger partial charge in [0.05, 0.1) is 11.6 Å². The van der Waals surface area contributed by atoms with Crippen molar-refractivity contribution in [2.75, 3.05) is 20.1 Å². The molecule has 0 aliphatic rings. The highest BCUT2D eigenvalue weighted by atomic mass is 16.5. The van der Waals surface area contributed by atoms with Crippen molar-refractivity contribution in [3.8, 4) is 0 Å². The number of carbonyl (C=O) groups is 5. The number of likely N-dealkylation sites (N-methyl/N-ethyl adjacent to an activating group) is 2. The summed E-state index contributed by atoms with van der Waals surface area (Å²) in [6.45, 7) is 16.0. The number of nitrogens with one attached hydrogen (secondary N) is 5. The van der Waals surface area contributed by atoms with Crippen molar-refractivity contribution < 1.29 is 33.9 Å². The molecule has 0 saturated heterocycles. The van der Waals surface area contributed by atoms with E-state index in [0.29, 0.717) is 38.6 Å². The zero-order valence-electron chi connectivity index (χ0n) is 32.5. The van der Waals surface area contributed by atoms with Gasteiger partial charge in [-0.1, -0.05) is 85.2 Å². The molecular formula is C39H62N7O6+. The Kier molecular flexibility index (Phi) is 17.7. The van der Waals surface area contributed by atoms with Gasteiger partial charge in [-0.25, -0.2) is 0 Å². The molecular weight excluding hydrogens is 662 g/mol. The van der Waals surface area contributed by atoms with E-state index in [9.17, 15) is 29.2 Å². The molecule has 0 saturated carbocycles. The van der Waals surface area contributed by atoms with Crippen LogP contribution in [-0.4, -0.2) is 90.0 Å². The first-order chi connectivity index (χ1) is 24.5. The Balaban J connectivity index is 2.30. The minimum absolute atomic E-state index is 0.114. The molecule has 1 heterocycles. The summed E-state index contributed by atoms with van der Waals surface area (Å²) < 4.78 is 0.824. The molecule has 13 nitrogen and oxygen atoms in total. The Hall–Kier alpha value is -4.52. The molecule has 1 aromatic carbocycles. The molecule has 288 valence electrons. The van der Waals surface area contributed by atoms with Gasteiger partial charge in [0.15, 0.2) is 0 Å². The minimum atomic E-state index is -0.911. The number of carbonyl (C=O) groups excluding carboxylic acids is 5. The van der Waals surface area contributed by atoms with Crippen LogP contribution in [0.15, 0.2) is 54.9 Å². The molecule has 0 radical (unpaired) electrons. The number of benzene rings is 1. The van der Waals surface area contributed by atoms with Crippen LogP contribution in [0.4, 0.5) is 0 Å². The zero-order chi connectivity index (χ0) is 39.0. The van der Waals surface area contributed by atoms with E-state index in [2.05, 4.69) is 26.6 Å². The first-order valence-corrected chi connectivity index (χ1v) is 18.4. The highest BCUT2D eigenvalue weighted by molar-refractivity contribution is 5.98. The standard InChI is InChI=1S/C39H61N7O6/c1-10-16-32(45(9)38(51)31(24-39(6,7)8)43-34(47)28-19-21-46(52)22-20-28)36(49)42-29(23-27-17-14-13-15-18-27)25-41-30(11-2)35(48)44-33(26(4)5)37(50)40-12-3/h13-15,17-22,26,29-33,41H,10-12,16,23-25H2,1-9H3,(H4-,40,42,43,44,47,48,49,50,52)/p+1/t29-,30-,31-,32-,33-/m0/s1. The summed E-state index contributed by atoms with van der Waals surface area (Å²) in [6.07, 6.45) is 4.92. The van der Waals surface area contributed by atoms with Crippen LogP contribution in [0.2, 0.25) is 0 Å². The fourth-order valence-corrected chi connectivity index (χ4v) is 5.95. The lowest BCUT2D eigenvalue weighted by Crippen LogP contribution is -2.58. The molecule has 0 spiro atoms. The minimum Gasteiger partial charge on any atom is -0.355 e. The average Bonchev–Trinajstić information content (AvgIpc) is 3.08. The predicted molar refractivity (Wildman–Crippen MR) is 200 cm³/mol. The molecule has 2 aromatic rings. The second kappa shape index (κ2) is 21.1. The number of hydrogen-bond acceptors (Lipinski definition) is 7.